The maximum absolute atomic E-state index is 14.0. The van der Waals surface area contributed by atoms with E-state index in [9.17, 15) is 4.79 Å². The number of carbonyl (C=O) groups excluding carboxylic acids is 1. The Bertz CT molecular complexity index is 1800. The first kappa shape index (κ1) is 29.1. The van der Waals surface area contributed by atoms with Gasteiger partial charge in [0, 0.05) is 11.4 Å². The van der Waals surface area contributed by atoms with E-state index in [1.807, 2.05) is 85.8 Å². The topological polar surface area (TPSA) is 90.3 Å². The summed E-state index contributed by atoms with van der Waals surface area (Å²) in [6, 6.07) is 33.0. The van der Waals surface area contributed by atoms with Gasteiger partial charge in [-0.3, -0.25) is 4.79 Å². The molecular formula is C35H33N5O3S. The van der Waals surface area contributed by atoms with Gasteiger partial charge in [-0.05, 0) is 60.4 Å². The molecule has 2 N–H and O–H groups in total. The second-order valence-electron chi connectivity index (χ2n) is 10.4. The quantitative estimate of drug-likeness (QED) is 0.161. The summed E-state index contributed by atoms with van der Waals surface area (Å²) in [6.07, 6.45) is 0. The van der Waals surface area contributed by atoms with E-state index in [4.69, 9.17) is 19.6 Å². The summed E-state index contributed by atoms with van der Waals surface area (Å²) in [4.78, 5) is 18.7. The van der Waals surface area contributed by atoms with Crippen molar-refractivity contribution in [3.63, 3.8) is 0 Å². The van der Waals surface area contributed by atoms with E-state index in [1.165, 1.54) is 11.1 Å². The minimum Gasteiger partial charge on any atom is -0.495 e. The SMILES string of the molecule is COc1ccccc1NC(=O)C1=C(C)Nc2nc(SCc3ccccc3)nn2C1c1ccc(OCc2ccccc2C)cc1. The molecule has 1 aliphatic heterocycles. The molecule has 0 fully saturated rings. The average Bonchev–Trinajstić information content (AvgIpc) is 3.46. The molecule has 2 heterocycles. The zero-order valence-corrected chi connectivity index (χ0v) is 25.6. The molecule has 0 spiro atoms. The first-order valence-corrected chi connectivity index (χ1v) is 15.3. The van der Waals surface area contributed by atoms with Gasteiger partial charge in [-0.2, -0.15) is 4.98 Å². The molecule has 9 heteroatoms. The van der Waals surface area contributed by atoms with E-state index >= 15 is 0 Å². The zero-order valence-electron chi connectivity index (χ0n) is 24.8. The Kier molecular flexibility index (Phi) is 8.65. The van der Waals surface area contributed by atoms with Crippen molar-refractivity contribution in [2.45, 2.75) is 37.4 Å². The van der Waals surface area contributed by atoms with Crippen molar-refractivity contribution in [3.05, 3.63) is 137 Å². The van der Waals surface area contributed by atoms with Crippen LogP contribution < -0.4 is 20.1 Å². The predicted molar refractivity (Wildman–Crippen MR) is 174 cm³/mol. The smallest absolute Gasteiger partial charge is 0.255 e. The summed E-state index contributed by atoms with van der Waals surface area (Å²) in [5, 5.41) is 11.9. The summed E-state index contributed by atoms with van der Waals surface area (Å²) >= 11 is 1.55. The molecule has 1 aromatic heterocycles. The third-order valence-electron chi connectivity index (χ3n) is 7.50. The Morgan fingerprint density at radius 3 is 2.43 bits per heavy atom. The van der Waals surface area contributed by atoms with E-state index < -0.39 is 6.04 Å². The molecule has 0 saturated carbocycles. The van der Waals surface area contributed by atoms with Crippen LogP contribution in [0.2, 0.25) is 0 Å². The number of hydrogen-bond donors (Lipinski definition) is 2. The third-order valence-corrected chi connectivity index (χ3v) is 8.40. The maximum Gasteiger partial charge on any atom is 0.255 e. The first-order chi connectivity index (χ1) is 21.5. The highest BCUT2D eigenvalue weighted by Gasteiger charge is 2.34. The average molecular weight is 604 g/mol. The zero-order chi connectivity index (χ0) is 30.5. The summed E-state index contributed by atoms with van der Waals surface area (Å²) in [5.41, 5.74) is 6.19. The Balaban J connectivity index is 1.31. The number of anilines is 2. The molecule has 1 atom stereocenters. The van der Waals surface area contributed by atoms with Gasteiger partial charge in [0.25, 0.3) is 5.91 Å². The second-order valence-corrected chi connectivity index (χ2v) is 11.4. The molecule has 44 heavy (non-hydrogen) atoms. The molecule has 1 amide bonds. The van der Waals surface area contributed by atoms with Gasteiger partial charge >= 0.3 is 0 Å². The van der Waals surface area contributed by atoms with Gasteiger partial charge < -0.3 is 20.1 Å². The largest absolute Gasteiger partial charge is 0.495 e. The number of nitrogens with one attached hydrogen (secondary N) is 2. The summed E-state index contributed by atoms with van der Waals surface area (Å²) in [6.45, 7) is 4.44. The Morgan fingerprint density at radius 2 is 1.66 bits per heavy atom. The van der Waals surface area contributed by atoms with Gasteiger partial charge in [0.05, 0.1) is 18.4 Å². The number of thioether (sulfide) groups is 1. The number of hydrogen-bond acceptors (Lipinski definition) is 7. The lowest BCUT2D eigenvalue weighted by Gasteiger charge is -2.29. The fourth-order valence-electron chi connectivity index (χ4n) is 5.13. The number of amides is 1. The molecular weight excluding hydrogens is 570 g/mol. The first-order valence-electron chi connectivity index (χ1n) is 14.3. The van der Waals surface area contributed by atoms with Crippen molar-refractivity contribution in [3.8, 4) is 11.5 Å². The number of para-hydroxylation sites is 2. The molecule has 1 unspecified atom stereocenters. The van der Waals surface area contributed by atoms with Gasteiger partial charge in [0.1, 0.15) is 24.1 Å². The molecule has 5 aromatic rings. The lowest BCUT2D eigenvalue weighted by atomic mass is 9.95. The van der Waals surface area contributed by atoms with Crippen LogP contribution in [0.4, 0.5) is 11.6 Å². The van der Waals surface area contributed by atoms with Crippen LogP contribution in [0.1, 0.15) is 35.2 Å². The van der Waals surface area contributed by atoms with Crippen molar-refractivity contribution < 1.29 is 14.3 Å². The monoisotopic (exact) mass is 603 g/mol. The Labute approximate surface area is 261 Å². The van der Waals surface area contributed by atoms with E-state index in [2.05, 4.69) is 41.8 Å². The van der Waals surface area contributed by atoms with Crippen LogP contribution in [0.25, 0.3) is 0 Å². The molecule has 4 aromatic carbocycles. The molecule has 1 aliphatic rings. The number of fused-ring (bicyclic) bond motifs is 1. The molecule has 0 saturated heterocycles. The minimum atomic E-state index is -0.523. The number of ether oxygens (including phenoxy) is 2. The van der Waals surface area contributed by atoms with Gasteiger partial charge in [-0.1, -0.05) is 90.6 Å². The Morgan fingerprint density at radius 1 is 0.932 bits per heavy atom. The number of aromatic nitrogens is 3. The maximum atomic E-state index is 14.0. The van der Waals surface area contributed by atoms with Crippen molar-refractivity contribution in [1.29, 1.82) is 0 Å². The van der Waals surface area contributed by atoms with Crippen molar-refractivity contribution in [1.82, 2.24) is 14.8 Å². The highest BCUT2D eigenvalue weighted by molar-refractivity contribution is 7.98. The van der Waals surface area contributed by atoms with Crippen molar-refractivity contribution in [2.24, 2.45) is 0 Å². The predicted octanol–water partition coefficient (Wildman–Crippen LogP) is 7.39. The summed E-state index contributed by atoms with van der Waals surface area (Å²) < 4.78 is 13.4. The third kappa shape index (κ3) is 6.33. The fourth-order valence-corrected chi connectivity index (χ4v) is 5.92. The molecule has 6 rings (SSSR count). The minimum absolute atomic E-state index is 0.260. The Hall–Kier alpha value is -5.02. The standard InChI is InChI=1S/C35H33N5O3S/c1-23-11-7-8-14-27(23)21-43-28-19-17-26(18-20-28)32-31(33(41)37-29-15-9-10-16-30(29)42-3)24(2)36-34-38-35(39-40(32)34)44-22-25-12-5-4-6-13-25/h4-20,32H,21-22H2,1-3H3,(H,37,41)(H,36,38,39). The van der Waals surface area contributed by atoms with E-state index in [1.54, 1.807) is 23.6 Å². The van der Waals surface area contributed by atoms with Gasteiger partial charge in [-0.25, -0.2) is 4.68 Å². The van der Waals surface area contributed by atoms with Crippen LogP contribution in [0.15, 0.2) is 120 Å². The molecule has 0 aliphatic carbocycles. The molecule has 0 radical (unpaired) electrons. The normalized spacial score (nSPS) is 14.0. The summed E-state index contributed by atoms with van der Waals surface area (Å²) in [5.74, 6) is 2.37. The van der Waals surface area contributed by atoms with Gasteiger partial charge in [0.15, 0.2) is 0 Å². The second kappa shape index (κ2) is 13.1. The number of carbonyl (C=O) groups is 1. The van der Waals surface area contributed by atoms with Crippen molar-refractivity contribution >= 4 is 29.3 Å². The lowest BCUT2D eigenvalue weighted by Crippen LogP contribution is -2.31. The number of allylic oxidation sites excluding steroid dienone is 1. The van der Waals surface area contributed by atoms with Gasteiger partial charge in [0.2, 0.25) is 11.1 Å². The summed E-state index contributed by atoms with van der Waals surface area (Å²) in [7, 11) is 1.58. The number of nitrogens with zero attached hydrogens (tertiary/aromatic N) is 3. The highest BCUT2D eigenvalue weighted by atomic mass is 32.2. The lowest BCUT2D eigenvalue weighted by molar-refractivity contribution is -0.113. The highest BCUT2D eigenvalue weighted by Crippen LogP contribution is 2.38. The number of benzene rings is 4. The number of aryl methyl sites for hydroxylation is 1. The fraction of sp³-hybridized carbons (Fsp3) is 0.171. The van der Waals surface area contributed by atoms with E-state index in [-0.39, 0.29) is 5.91 Å². The van der Waals surface area contributed by atoms with Crippen LogP contribution >= 0.6 is 11.8 Å². The van der Waals surface area contributed by atoms with Crippen LogP contribution in [0, 0.1) is 6.92 Å². The van der Waals surface area contributed by atoms with E-state index in [0.717, 1.165) is 22.6 Å². The van der Waals surface area contributed by atoms with Crippen LogP contribution in [0.5, 0.6) is 11.5 Å². The van der Waals surface area contributed by atoms with Crippen molar-refractivity contribution in [2.75, 3.05) is 17.7 Å². The molecule has 222 valence electrons. The molecule has 0 bridgehead atoms. The van der Waals surface area contributed by atoms with Crippen LogP contribution in [-0.4, -0.2) is 27.8 Å². The van der Waals surface area contributed by atoms with Crippen LogP contribution in [0.3, 0.4) is 0 Å². The number of rotatable bonds is 10. The molecule has 8 nitrogen and oxygen atoms in total. The number of methoxy groups -OCH3 is 1. The van der Waals surface area contributed by atoms with Gasteiger partial charge in [-0.15, -0.1) is 5.10 Å². The van der Waals surface area contributed by atoms with Crippen LogP contribution in [-0.2, 0) is 17.2 Å². The van der Waals surface area contributed by atoms with E-state index in [0.29, 0.717) is 40.4 Å².